The Morgan fingerprint density at radius 3 is 2.50 bits per heavy atom. The van der Waals surface area contributed by atoms with Crippen LogP contribution >= 0.6 is 0 Å². The summed E-state index contributed by atoms with van der Waals surface area (Å²) >= 11 is 0. The topological polar surface area (TPSA) is 93.6 Å². The molecule has 3 rings (SSSR count). The van der Waals surface area contributed by atoms with Crippen molar-refractivity contribution in [3.8, 4) is 17.1 Å². The van der Waals surface area contributed by atoms with E-state index in [0.29, 0.717) is 24.1 Å². The Balaban J connectivity index is 1.43. The van der Waals surface area contributed by atoms with Crippen molar-refractivity contribution in [1.82, 2.24) is 15.3 Å². The molecular weight excluding hydrogens is 382 g/mol. The monoisotopic (exact) mass is 413 g/mol. The molecule has 30 heavy (non-hydrogen) atoms. The van der Waals surface area contributed by atoms with E-state index in [2.05, 4.69) is 15.3 Å². The molecule has 2 N–H and O–H groups in total. The summed E-state index contributed by atoms with van der Waals surface area (Å²) in [5.74, 6) is 1.69. The number of nitrogens with zero attached hydrogens (tertiary/aromatic N) is 2. The molecule has 0 bridgehead atoms. The van der Waals surface area contributed by atoms with Gasteiger partial charge in [0.25, 0.3) is 0 Å². The van der Waals surface area contributed by atoms with Gasteiger partial charge in [0.2, 0.25) is 0 Å². The minimum absolute atomic E-state index is 0.00935. The number of nitrogens with one attached hydrogen (secondary N) is 1. The summed E-state index contributed by atoms with van der Waals surface area (Å²) in [5.41, 5.74) is 1.21. The summed E-state index contributed by atoms with van der Waals surface area (Å²) in [7, 11) is 0. The molecule has 1 heterocycles. The van der Waals surface area contributed by atoms with Crippen molar-refractivity contribution < 1.29 is 19.4 Å². The van der Waals surface area contributed by atoms with Crippen LogP contribution in [-0.4, -0.2) is 39.4 Å². The number of aliphatic hydroxyl groups excluding tert-OH is 1. The third-order valence-corrected chi connectivity index (χ3v) is 5.05. The summed E-state index contributed by atoms with van der Waals surface area (Å²) < 4.78 is 11.2. The lowest BCUT2D eigenvalue weighted by molar-refractivity contribution is 0.0483. The quantitative estimate of drug-likeness (QED) is 0.741. The number of hydrogen-bond donors (Lipinski definition) is 2. The van der Waals surface area contributed by atoms with Crippen LogP contribution in [0.1, 0.15) is 52.0 Å². The summed E-state index contributed by atoms with van der Waals surface area (Å²) in [6, 6.07) is 7.69. The molecule has 7 nitrogen and oxygen atoms in total. The highest BCUT2D eigenvalue weighted by atomic mass is 16.6. The fourth-order valence-corrected chi connectivity index (χ4v) is 3.51. The Kier molecular flexibility index (Phi) is 7.26. The maximum Gasteiger partial charge on any atom is 0.407 e. The first-order valence-corrected chi connectivity index (χ1v) is 10.5. The zero-order valence-electron chi connectivity index (χ0n) is 17.9. The number of ether oxygens (including phenoxy) is 2. The van der Waals surface area contributed by atoms with Gasteiger partial charge in [-0.3, -0.25) is 0 Å². The molecule has 162 valence electrons. The van der Waals surface area contributed by atoms with Crippen LogP contribution in [0.5, 0.6) is 5.75 Å². The molecule has 0 aliphatic heterocycles. The van der Waals surface area contributed by atoms with E-state index < -0.39 is 5.60 Å². The number of carbonyl (C=O) groups is 1. The van der Waals surface area contributed by atoms with Gasteiger partial charge in [-0.25, -0.2) is 14.8 Å². The molecule has 1 aliphatic rings. The van der Waals surface area contributed by atoms with Gasteiger partial charge < -0.3 is 19.9 Å². The molecule has 0 atom stereocenters. The largest absolute Gasteiger partial charge is 0.490 e. The van der Waals surface area contributed by atoms with Crippen molar-refractivity contribution in [2.45, 2.75) is 64.7 Å². The molecule has 7 heteroatoms. The predicted octanol–water partition coefficient (Wildman–Crippen LogP) is 4.10. The van der Waals surface area contributed by atoms with Crippen molar-refractivity contribution in [3.63, 3.8) is 0 Å². The van der Waals surface area contributed by atoms with Crippen molar-refractivity contribution in [2.24, 2.45) is 5.92 Å². The number of aromatic nitrogens is 2. The lowest BCUT2D eigenvalue weighted by Crippen LogP contribution is -2.41. The van der Waals surface area contributed by atoms with Gasteiger partial charge in [-0.05, 0) is 64.0 Å². The second-order valence-electron chi connectivity index (χ2n) is 8.78. The van der Waals surface area contributed by atoms with E-state index in [9.17, 15) is 9.90 Å². The highest BCUT2D eigenvalue weighted by molar-refractivity contribution is 5.68. The van der Waals surface area contributed by atoms with Crippen molar-refractivity contribution in [1.29, 1.82) is 0 Å². The number of benzene rings is 1. The first kappa shape index (κ1) is 22.0. The number of amides is 1. The van der Waals surface area contributed by atoms with Gasteiger partial charge in [0.1, 0.15) is 5.60 Å². The van der Waals surface area contributed by atoms with E-state index in [-0.39, 0.29) is 18.7 Å². The van der Waals surface area contributed by atoms with E-state index in [1.165, 1.54) is 0 Å². The number of carbonyl (C=O) groups excluding carboxylic acids is 1. The average Bonchev–Trinajstić information content (AvgIpc) is 2.72. The van der Waals surface area contributed by atoms with E-state index in [4.69, 9.17) is 9.47 Å². The predicted molar refractivity (Wildman–Crippen MR) is 114 cm³/mol. The van der Waals surface area contributed by atoms with Gasteiger partial charge in [0.05, 0.1) is 25.6 Å². The van der Waals surface area contributed by atoms with Crippen LogP contribution < -0.4 is 10.1 Å². The van der Waals surface area contributed by atoms with E-state index >= 15 is 0 Å². The number of alkyl carbamates (subject to hydrolysis) is 1. The van der Waals surface area contributed by atoms with Gasteiger partial charge in [0.15, 0.2) is 11.6 Å². The molecule has 1 aliphatic carbocycles. The number of aliphatic hydroxyl groups is 1. The van der Waals surface area contributed by atoms with E-state index in [1.807, 2.05) is 45.0 Å². The van der Waals surface area contributed by atoms with Crippen LogP contribution in [0, 0.1) is 5.92 Å². The number of rotatable bonds is 6. The Labute approximate surface area is 177 Å². The van der Waals surface area contributed by atoms with Crippen LogP contribution in [0.3, 0.4) is 0 Å². The van der Waals surface area contributed by atoms with Crippen LogP contribution in [0.4, 0.5) is 4.79 Å². The standard InChI is InChI=1S/C23H31N3O4/c1-23(2,3)30-22(28)26-19-9-7-16(8-10-19)15-29-20-12-24-21(25-13-20)18-6-4-5-17(11-18)14-27/h4-6,11-13,16,19,27H,7-10,14-15H2,1-3H3,(H,26,28)/t16-,19-. The Hall–Kier alpha value is -2.67. The molecule has 2 aromatic rings. The second-order valence-corrected chi connectivity index (χ2v) is 8.78. The molecule has 0 radical (unpaired) electrons. The molecule has 0 unspecified atom stereocenters. The van der Waals surface area contributed by atoms with Crippen LogP contribution in [-0.2, 0) is 11.3 Å². The molecule has 1 fully saturated rings. The lowest BCUT2D eigenvalue weighted by Gasteiger charge is -2.30. The first-order chi connectivity index (χ1) is 14.3. The van der Waals surface area contributed by atoms with Crippen molar-refractivity contribution in [3.05, 3.63) is 42.2 Å². The maximum absolute atomic E-state index is 11.9. The minimum atomic E-state index is -0.478. The molecular formula is C23H31N3O4. The molecule has 1 aromatic heterocycles. The van der Waals surface area contributed by atoms with E-state index in [1.54, 1.807) is 12.4 Å². The van der Waals surface area contributed by atoms with Gasteiger partial charge in [-0.15, -0.1) is 0 Å². The lowest BCUT2D eigenvalue weighted by atomic mass is 9.86. The van der Waals surface area contributed by atoms with Gasteiger partial charge in [0, 0.05) is 11.6 Å². The molecule has 0 saturated heterocycles. The van der Waals surface area contributed by atoms with Crippen LogP contribution in [0.15, 0.2) is 36.7 Å². The van der Waals surface area contributed by atoms with Gasteiger partial charge in [-0.2, -0.15) is 0 Å². The number of hydrogen-bond acceptors (Lipinski definition) is 6. The van der Waals surface area contributed by atoms with Crippen molar-refractivity contribution in [2.75, 3.05) is 6.61 Å². The van der Waals surface area contributed by atoms with Gasteiger partial charge >= 0.3 is 6.09 Å². The molecule has 0 spiro atoms. The third kappa shape index (κ3) is 6.69. The minimum Gasteiger partial charge on any atom is -0.490 e. The highest BCUT2D eigenvalue weighted by Gasteiger charge is 2.25. The zero-order chi connectivity index (χ0) is 21.6. The SMILES string of the molecule is CC(C)(C)OC(=O)N[C@H]1CC[C@H](COc2cnc(-c3cccc(CO)c3)nc2)CC1. The fourth-order valence-electron chi connectivity index (χ4n) is 3.51. The molecule has 1 saturated carbocycles. The third-order valence-electron chi connectivity index (χ3n) is 5.05. The molecule has 1 amide bonds. The first-order valence-electron chi connectivity index (χ1n) is 10.5. The zero-order valence-corrected chi connectivity index (χ0v) is 17.9. The maximum atomic E-state index is 11.9. The van der Waals surface area contributed by atoms with Gasteiger partial charge in [-0.1, -0.05) is 18.2 Å². The summed E-state index contributed by atoms with van der Waals surface area (Å²) in [5, 5.41) is 12.2. The average molecular weight is 414 g/mol. The van der Waals surface area contributed by atoms with Crippen LogP contribution in [0.25, 0.3) is 11.4 Å². The Bertz CT molecular complexity index is 825. The fraction of sp³-hybridized carbons (Fsp3) is 0.522. The van der Waals surface area contributed by atoms with Crippen molar-refractivity contribution >= 4 is 6.09 Å². The van der Waals surface area contributed by atoms with E-state index in [0.717, 1.165) is 36.8 Å². The summed E-state index contributed by atoms with van der Waals surface area (Å²) in [6.45, 7) is 6.20. The van der Waals surface area contributed by atoms with Crippen LogP contribution in [0.2, 0.25) is 0 Å². The molecule has 1 aromatic carbocycles. The smallest absolute Gasteiger partial charge is 0.407 e. The highest BCUT2D eigenvalue weighted by Crippen LogP contribution is 2.26. The Morgan fingerprint density at radius 1 is 1.17 bits per heavy atom. The normalized spacial score (nSPS) is 19.2. The summed E-state index contributed by atoms with van der Waals surface area (Å²) in [4.78, 5) is 20.7. The summed E-state index contributed by atoms with van der Waals surface area (Å²) in [6.07, 6.45) is 6.85. The second kappa shape index (κ2) is 9.89. The Morgan fingerprint density at radius 2 is 1.87 bits per heavy atom.